The number of aromatic hydroxyl groups is 1. The summed E-state index contributed by atoms with van der Waals surface area (Å²) in [5.41, 5.74) is 0.290. The van der Waals surface area contributed by atoms with Gasteiger partial charge in [0.1, 0.15) is 5.82 Å². The predicted molar refractivity (Wildman–Crippen MR) is 52.2 cm³/mol. The fourth-order valence-electron chi connectivity index (χ4n) is 1.24. The van der Waals surface area contributed by atoms with E-state index in [1.807, 2.05) is 0 Å². The molecule has 1 rings (SSSR count). The van der Waals surface area contributed by atoms with E-state index in [0.29, 0.717) is 24.3 Å². The van der Waals surface area contributed by atoms with E-state index >= 15 is 0 Å². The molecule has 0 spiro atoms. The largest absolute Gasteiger partial charge is 0.504 e. The first-order valence-electron chi connectivity index (χ1n) is 4.39. The number of nitrogens with one attached hydrogen (secondary N) is 1. The molecule has 0 aliphatic carbocycles. The van der Waals surface area contributed by atoms with Crippen LogP contribution in [0.4, 0.5) is 4.39 Å². The number of halogens is 1. The minimum absolute atomic E-state index is 0.109. The van der Waals surface area contributed by atoms with Crippen molar-refractivity contribution >= 4 is 0 Å². The molecule has 3 nitrogen and oxygen atoms in total. The number of benzene rings is 1. The van der Waals surface area contributed by atoms with Gasteiger partial charge in [0.25, 0.3) is 0 Å². The Kier molecular flexibility index (Phi) is 3.71. The van der Waals surface area contributed by atoms with Crippen molar-refractivity contribution in [3.63, 3.8) is 0 Å². The molecule has 0 bridgehead atoms. The van der Waals surface area contributed by atoms with Crippen LogP contribution in [0.25, 0.3) is 0 Å². The SMILES string of the molecule is CNCCc1c(F)ccc(OC)c1O. The van der Waals surface area contributed by atoms with Crippen LogP contribution in [0, 0.1) is 5.82 Å². The van der Waals surface area contributed by atoms with E-state index in [4.69, 9.17) is 4.74 Å². The van der Waals surface area contributed by atoms with Crippen molar-refractivity contribution in [3.05, 3.63) is 23.5 Å². The fourth-order valence-corrected chi connectivity index (χ4v) is 1.24. The number of hydrogen-bond donors (Lipinski definition) is 2. The van der Waals surface area contributed by atoms with E-state index in [2.05, 4.69) is 5.32 Å². The quantitative estimate of drug-likeness (QED) is 0.768. The van der Waals surface area contributed by atoms with Crippen LogP contribution in [0.3, 0.4) is 0 Å². The van der Waals surface area contributed by atoms with Gasteiger partial charge in [-0.1, -0.05) is 0 Å². The predicted octanol–water partition coefficient (Wildman–Crippen LogP) is 1.30. The monoisotopic (exact) mass is 199 g/mol. The Hall–Kier alpha value is -1.29. The lowest BCUT2D eigenvalue weighted by Gasteiger charge is -2.09. The number of methoxy groups -OCH3 is 1. The highest BCUT2D eigenvalue weighted by Gasteiger charge is 2.12. The Morgan fingerprint density at radius 2 is 2.21 bits per heavy atom. The number of phenolic OH excluding ortho intramolecular Hbond substituents is 1. The Morgan fingerprint density at radius 3 is 2.79 bits per heavy atom. The first kappa shape index (κ1) is 10.8. The van der Waals surface area contributed by atoms with Crippen molar-refractivity contribution in [2.45, 2.75) is 6.42 Å². The summed E-state index contributed by atoms with van der Waals surface area (Å²) in [5, 5.41) is 12.5. The lowest BCUT2D eigenvalue weighted by atomic mass is 10.1. The lowest BCUT2D eigenvalue weighted by molar-refractivity contribution is 0.367. The van der Waals surface area contributed by atoms with Crippen LogP contribution in [0.1, 0.15) is 5.56 Å². The van der Waals surface area contributed by atoms with Gasteiger partial charge < -0.3 is 15.2 Å². The summed E-state index contributed by atoms with van der Waals surface area (Å²) in [6.45, 7) is 0.609. The maximum atomic E-state index is 13.2. The normalized spacial score (nSPS) is 10.2. The topological polar surface area (TPSA) is 41.5 Å². The first-order chi connectivity index (χ1) is 6.70. The standard InChI is InChI=1S/C10H14FNO2/c1-12-6-5-7-8(11)3-4-9(14-2)10(7)13/h3-4,12-13H,5-6H2,1-2H3. The molecule has 78 valence electrons. The Balaban J connectivity index is 2.99. The second-order valence-corrected chi connectivity index (χ2v) is 2.93. The average Bonchev–Trinajstić information content (AvgIpc) is 2.18. The highest BCUT2D eigenvalue weighted by atomic mass is 19.1. The minimum atomic E-state index is -0.404. The van der Waals surface area contributed by atoms with Crippen LogP contribution in [-0.4, -0.2) is 25.8 Å². The highest BCUT2D eigenvalue weighted by Crippen LogP contribution is 2.31. The average molecular weight is 199 g/mol. The van der Waals surface area contributed by atoms with Crippen molar-refractivity contribution in [3.8, 4) is 11.5 Å². The van der Waals surface area contributed by atoms with Gasteiger partial charge in [0, 0.05) is 5.56 Å². The highest BCUT2D eigenvalue weighted by molar-refractivity contribution is 5.46. The number of hydrogen-bond acceptors (Lipinski definition) is 3. The molecule has 0 amide bonds. The third-order valence-electron chi connectivity index (χ3n) is 2.03. The van der Waals surface area contributed by atoms with Gasteiger partial charge in [0.15, 0.2) is 11.5 Å². The molecule has 0 saturated heterocycles. The molecule has 0 unspecified atom stereocenters. The minimum Gasteiger partial charge on any atom is -0.504 e. The van der Waals surface area contributed by atoms with E-state index in [1.54, 1.807) is 7.05 Å². The Labute approximate surface area is 82.5 Å². The molecular formula is C10H14FNO2. The number of ether oxygens (including phenoxy) is 1. The first-order valence-corrected chi connectivity index (χ1v) is 4.39. The maximum absolute atomic E-state index is 13.2. The molecule has 0 atom stereocenters. The third-order valence-corrected chi connectivity index (χ3v) is 2.03. The zero-order valence-electron chi connectivity index (χ0n) is 8.30. The van der Waals surface area contributed by atoms with Crippen LogP contribution >= 0.6 is 0 Å². The number of rotatable bonds is 4. The zero-order valence-corrected chi connectivity index (χ0v) is 8.30. The summed E-state index contributed by atoms with van der Waals surface area (Å²) in [7, 11) is 3.21. The van der Waals surface area contributed by atoms with Gasteiger partial charge >= 0.3 is 0 Å². The van der Waals surface area contributed by atoms with Crippen LogP contribution < -0.4 is 10.1 Å². The van der Waals surface area contributed by atoms with Gasteiger partial charge in [-0.15, -0.1) is 0 Å². The van der Waals surface area contributed by atoms with Crippen LogP contribution in [0.2, 0.25) is 0 Å². The van der Waals surface area contributed by atoms with E-state index in [0.717, 1.165) is 0 Å². The van der Waals surface area contributed by atoms with Gasteiger partial charge in [-0.3, -0.25) is 0 Å². The molecule has 0 heterocycles. The van der Waals surface area contributed by atoms with Crippen LogP contribution in [0.5, 0.6) is 11.5 Å². The number of phenols is 1. The molecule has 14 heavy (non-hydrogen) atoms. The van der Waals surface area contributed by atoms with Crippen LogP contribution in [-0.2, 0) is 6.42 Å². The van der Waals surface area contributed by atoms with Gasteiger partial charge in [0.05, 0.1) is 7.11 Å². The molecule has 0 radical (unpaired) electrons. The molecule has 0 saturated carbocycles. The van der Waals surface area contributed by atoms with E-state index in [9.17, 15) is 9.50 Å². The second-order valence-electron chi connectivity index (χ2n) is 2.93. The van der Waals surface area contributed by atoms with Gasteiger partial charge in [-0.05, 0) is 32.1 Å². The molecule has 1 aromatic rings. The molecule has 0 aromatic heterocycles. The molecule has 4 heteroatoms. The summed E-state index contributed by atoms with van der Waals surface area (Å²) >= 11 is 0. The van der Waals surface area contributed by atoms with Crippen molar-refractivity contribution in [2.24, 2.45) is 0 Å². The van der Waals surface area contributed by atoms with E-state index in [-0.39, 0.29) is 5.75 Å². The molecule has 0 aliphatic heterocycles. The lowest BCUT2D eigenvalue weighted by Crippen LogP contribution is -2.11. The van der Waals surface area contributed by atoms with Crippen molar-refractivity contribution < 1.29 is 14.2 Å². The van der Waals surface area contributed by atoms with Gasteiger partial charge in [-0.25, -0.2) is 4.39 Å². The Bertz CT molecular complexity index is 315. The summed E-state index contributed by atoms with van der Waals surface area (Å²) in [4.78, 5) is 0. The number of likely N-dealkylation sites (N-methyl/N-ethyl adjacent to an activating group) is 1. The summed E-state index contributed by atoms with van der Waals surface area (Å²) in [6, 6.07) is 2.71. The third kappa shape index (κ3) is 2.14. The smallest absolute Gasteiger partial charge is 0.163 e. The Morgan fingerprint density at radius 1 is 1.50 bits per heavy atom. The summed E-state index contributed by atoms with van der Waals surface area (Å²) in [6.07, 6.45) is 0.436. The molecule has 1 aromatic carbocycles. The van der Waals surface area contributed by atoms with Crippen molar-refractivity contribution in [1.82, 2.24) is 5.32 Å². The summed E-state index contributed by atoms with van der Waals surface area (Å²) < 4.78 is 18.1. The van der Waals surface area contributed by atoms with Crippen LogP contribution in [0.15, 0.2) is 12.1 Å². The maximum Gasteiger partial charge on any atom is 0.163 e. The summed E-state index contributed by atoms with van der Waals surface area (Å²) in [5.74, 6) is -0.209. The van der Waals surface area contributed by atoms with Gasteiger partial charge in [-0.2, -0.15) is 0 Å². The van der Waals surface area contributed by atoms with Crippen molar-refractivity contribution in [1.29, 1.82) is 0 Å². The molecule has 0 fully saturated rings. The second kappa shape index (κ2) is 4.81. The van der Waals surface area contributed by atoms with E-state index in [1.165, 1.54) is 19.2 Å². The zero-order chi connectivity index (χ0) is 10.6. The van der Waals surface area contributed by atoms with E-state index < -0.39 is 5.82 Å². The van der Waals surface area contributed by atoms with Gasteiger partial charge in [0.2, 0.25) is 0 Å². The van der Waals surface area contributed by atoms with Crippen molar-refractivity contribution in [2.75, 3.05) is 20.7 Å². The molecule has 0 aliphatic rings. The molecule has 2 N–H and O–H groups in total. The molecular weight excluding hydrogens is 185 g/mol. The fraction of sp³-hybridized carbons (Fsp3) is 0.400.